The first-order chi connectivity index (χ1) is 10.1. The van der Waals surface area contributed by atoms with Gasteiger partial charge in [-0.05, 0) is 19.1 Å². The van der Waals surface area contributed by atoms with E-state index in [0.29, 0.717) is 10.7 Å². The van der Waals surface area contributed by atoms with E-state index in [9.17, 15) is 4.79 Å². The summed E-state index contributed by atoms with van der Waals surface area (Å²) in [6, 6.07) is 3.55. The lowest BCUT2D eigenvalue weighted by Crippen LogP contribution is -2.12. The fraction of sp³-hybridized carbons (Fsp3) is 0.143. The normalized spacial score (nSPS) is 10.6. The Hall–Kier alpha value is -2.54. The summed E-state index contributed by atoms with van der Waals surface area (Å²) >= 11 is 1.38. The minimum absolute atomic E-state index is 0.213. The van der Waals surface area contributed by atoms with Gasteiger partial charge in [0.25, 0.3) is 5.91 Å². The van der Waals surface area contributed by atoms with E-state index in [1.807, 2.05) is 25.5 Å². The van der Waals surface area contributed by atoms with Gasteiger partial charge >= 0.3 is 0 Å². The van der Waals surface area contributed by atoms with Gasteiger partial charge in [0.05, 0.1) is 17.5 Å². The summed E-state index contributed by atoms with van der Waals surface area (Å²) in [5.74, 6) is -0.213. The molecule has 0 bridgehead atoms. The van der Waals surface area contributed by atoms with Crippen LogP contribution in [0.2, 0.25) is 0 Å². The van der Waals surface area contributed by atoms with Crippen molar-refractivity contribution < 1.29 is 4.79 Å². The molecule has 106 valence electrons. The number of aryl methyl sites for hydroxylation is 2. The lowest BCUT2D eigenvalue weighted by atomic mass is 10.2. The summed E-state index contributed by atoms with van der Waals surface area (Å²) in [6.45, 7) is 1.88. The molecule has 7 heteroatoms. The molecular formula is C14H13N5OS. The first-order valence-electron chi connectivity index (χ1n) is 6.30. The predicted molar refractivity (Wildman–Crippen MR) is 81.2 cm³/mol. The van der Waals surface area contributed by atoms with Crippen LogP contribution in [0.15, 0.2) is 36.1 Å². The Morgan fingerprint density at radius 2 is 2.19 bits per heavy atom. The van der Waals surface area contributed by atoms with E-state index in [2.05, 4.69) is 20.4 Å². The molecule has 0 atom stereocenters. The first-order valence-corrected chi connectivity index (χ1v) is 7.18. The molecule has 0 aliphatic carbocycles. The molecule has 0 radical (unpaired) electrons. The van der Waals surface area contributed by atoms with Crippen molar-refractivity contribution >= 4 is 22.4 Å². The molecule has 0 aromatic carbocycles. The third-order valence-corrected chi connectivity index (χ3v) is 3.66. The molecule has 0 aliphatic heterocycles. The number of carbonyl (C=O) groups is 1. The second kappa shape index (κ2) is 5.45. The van der Waals surface area contributed by atoms with E-state index >= 15 is 0 Å². The number of aromatic nitrogens is 4. The highest BCUT2D eigenvalue weighted by Gasteiger charge is 2.11. The summed E-state index contributed by atoms with van der Waals surface area (Å²) in [5, 5.41) is 9.32. The van der Waals surface area contributed by atoms with Crippen LogP contribution in [0, 0.1) is 6.92 Å². The van der Waals surface area contributed by atoms with Crippen LogP contribution in [0.5, 0.6) is 0 Å². The zero-order valence-electron chi connectivity index (χ0n) is 11.6. The Bertz CT molecular complexity index is 775. The van der Waals surface area contributed by atoms with Crippen LogP contribution in [-0.4, -0.2) is 25.7 Å². The molecule has 0 aliphatic rings. The number of hydrogen-bond acceptors (Lipinski definition) is 5. The molecule has 21 heavy (non-hydrogen) atoms. The third-order valence-electron chi connectivity index (χ3n) is 2.90. The van der Waals surface area contributed by atoms with Crippen molar-refractivity contribution in [3.05, 3.63) is 47.4 Å². The molecule has 3 aromatic heterocycles. The Kier molecular flexibility index (Phi) is 3.49. The SMILES string of the molecule is Cc1ccc(C(=O)Nc2nc(-c3cnn(C)c3)cs2)cn1. The number of carbonyl (C=O) groups excluding carboxylic acids is 1. The third kappa shape index (κ3) is 2.97. The van der Waals surface area contributed by atoms with Gasteiger partial charge in [-0.1, -0.05) is 0 Å². The largest absolute Gasteiger partial charge is 0.298 e. The Morgan fingerprint density at radius 1 is 1.33 bits per heavy atom. The maximum absolute atomic E-state index is 12.1. The van der Waals surface area contributed by atoms with Crippen molar-refractivity contribution in [2.75, 3.05) is 5.32 Å². The predicted octanol–water partition coefficient (Wildman–Crippen LogP) is 2.50. The Balaban J connectivity index is 1.75. The summed E-state index contributed by atoms with van der Waals surface area (Å²) in [5.41, 5.74) is 3.11. The van der Waals surface area contributed by atoms with Crippen LogP contribution in [0.4, 0.5) is 5.13 Å². The molecule has 3 aromatic rings. The number of pyridine rings is 1. The number of rotatable bonds is 3. The minimum atomic E-state index is -0.213. The van der Waals surface area contributed by atoms with Gasteiger partial charge in [-0.15, -0.1) is 11.3 Å². The zero-order valence-corrected chi connectivity index (χ0v) is 12.4. The van der Waals surface area contributed by atoms with E-state index in [1.165, 1.54) is 11.3 Å². The molecule has 0 unspecified atom stereocenters. The molecule has 1 N–H and O–H groups in total. The van der Waals surface area contributed by atoms with E-state index in [0.717, 1.165) is 17.0 Å². The second-order valence-corrected chi connectivity index (χ2v) is 5.44. The van der Waals surface area contributed by atoms with Crippen molar-refractivity contribution in [1.29, 1.82) is 0 Å². The number of hydrogen-bond donors (Lipinski definition) is 1. The topological polar surface area (TPSA) is 72.7 Å². The average molecular weight is 299 g/mol. The Morgan fingerprint density at radius 3 is 2.86 bits per heavy atom. The van der Waals surface area contributed by atoms with Crippen molar-refractivity contribution in [2.45, 2.75) is 6.92 Å². The molecule has 3 rings (SSSR count). The van der Waals surface area contributed by atoms with Crippen LogP contribution in [0.1, 0.15) is 16.1 Å². The van der Waals surface area contributed by atoms with Crippen molar-refractivity contribution in [2.24, 2.45) is 7.05 Å². The summed E-state index contributed by atoms with van der Waals surface area (Å²) < 4.78 is 1.71. The van der Waals surface area contributed by atoms with E-state index in [4.69, 9.17) is 0 Å². The van der Waals surface area contributed by atoms with Gasteiger partial charge in [0.1, 0.15) is 0 Å². The molecule has 0 saturated carbocycles. The van der Waals surface area contributed by atoms with E-state index < -0.39 is 0 Å². The maximum atomic E-state index is 12.1. The van der Waals surface area contributed by atoms with Crippen LogP contribution >= 0.6 is 11.3 Å². The molecular weight excluding hydrogens is 286 g/mol. The number of thiazole rings is 1. The number of anilines is 1. The van der Waals surface area contributed by atoms with Gasteiger partial charge in [-0.25, -0.2) is 4.98 Å². The molecule has 0 fully saturated rings. The van der Waals surface area contributed by atoms with Crippen LogP contribution in [-0.2, 0) is 7.05 Å². The summed E-state index contributed by atoms with van der Waals surface area (Å²) in [4.78, 5) is 20.6. The Labute approximate surface area is 125 Å². The maximum Gasteiger partial charge on any atom is 0.259 e. The fourth-order valence-electron chi connectivity index (χ4n) is 1.79. The molecule has 0 saturated heterocycles. The van der Waals surface area contributed by atoms with Crippen LogP contribution in [0.3, 0.4) is 0 Å². The number of amides is 1. The first kappa shape index (κ1) is 13.4. The summed E-state index contributed by atoms with van der Waals surface area (Å²) in [7, 11) is 1.85. The van der Waals surface area contributed by atoms with Crippen molar-refractivity contribution in [3.8, 4) is 11.3 Å². The lowest BCUT2D eigenvalue weighted by Gasteiger charge is -2.01. The molecule has 1 amide bonds. The number of nitrogens with one attached hydrogen (secondary N) is 1. The fourth-order valence-corrected chi connectivity index (χ4v) is 2.50. The van der Waals surface area contributed by atoms with Crippen molar-refractivity contribution in [3.63, 3.8) is 0 Å². The highest BCUT2D eigenvalue weighted by atomic mass is 32.1. The van der Waals surface area contributed by atoms with Crippen molar-refractivity contribution in [1.82, 2.24) is 19.7 Å². The smallest absolute Gasteiger partial charge is 0.259 e. The van der Waals surface area contributed by atoms with E-state index in [1.54, 1.807) is 29.2 Å². The molecule has 0 spiro atoms. The average Bonchev–Trinajstić information content (AvgIpc) is 3.08. The molecule has 3 heterocycles. The van der Waals surface area contributed by atoms with E-state index in [-0.39, 0.29) is 5.91 Å². The second-order valence-electron chi connectivity index (χ2n) is 4.58. The minimum Gasteiger partial charge on any atom is -0.298 e. The standard InChI is InChI=1S/C14H13N5OS/c1-9-3-4-10(5-15-9)13(20)18-14-17-12(8-21-14)11-6-16-19(2)7-11/h3-8H,1-2H3,(H,17,18,20). The number of nitrogens with zero attached hydrogens (tertiary/aromatic N) is 4. The van der Waals surface area contributed by atoms with Gasteiger partial charge in [-0.2, -0.15) is 5.10 Å². The van der Waals surface area contributed by atoms with Gasteiger partial charge in [0, 0.05) is 36.1 Å². The lowest BCUT2D eigenvalue weighted by molar-refractivity contribution is 0.102. The van der Waals surface area contributed by atoms with Gasteiger partial charge < -0.3 is 0 Å². The highest BCUT2D eigenvalue weighted by Crippen LogP contribution is 2.24. The van der Waals surface area contributed by atoms with Gasteiger partial charge in [-0.3, -0.25) is 19.8 Å². The zero-order chi connectivity index (χ0) is 14.8. The van der Waals surface area contributed by atoms with Crippen LogP contribution in [0.25, 0.3) is 11.3 Å². The summed E-state index contributed by atoms with van der Waals surface area (Å²) in [6.07, 6.45) is 5.18. The molecule has 6 nitrogen and oxygen atoms in total. The van der Waals surface area contributed by atoms with Crippen LogP contribution < -0.4 is 5.32 Å². The van der Waals surface area contributed by atoms with Gasteiger partial charge in [0.15, 0.2) is 5.13 Å². The quantitative estimate of drug-likeness (QED) is 0.806. The van der Waals surface area contributed by atoms with Gasteiger partial charge in [0.2, 0.25) is 0 Å². The highest BCUT2D eigenvalue weighted by molar-refractivity contribution is 7.14. The monoisotopic (exact) mass is 299 g/mol.